The second kappa shape index (κ2) is 19.9. The van der Waals surface area contributed by atoms with E-state index in [0.29, 0.717) is 12.1 Å². The Morgan fingerprint density at radius 2 is 1.67 bits per heavy atom. The molecule has 1 aromatic rings. The number of aromatic nitrogens is 1. The third kappa shape index (κ3) is 11.0. The Morgan fingerprint density at radius 3 is 2.23 bits per heavy atom. The highest BCUT2D eigenvalue weighted by Crippen LogP contribution is 2.40. The quantitative estimate of drug-likeness (QED) is 0.206. The Labute approximate surface area is 355 Å². The molecule has 0 radical (unpaired) electrons. The number of aliphatic hydroxyl groups is 5. The number of carbonyl (C=O) groups is 2. The number of carbonyl (C=O) groups excluding carboxylic acids is 2. The van der Waals surface area contributed by atoms with E-state index in [1.165, 1.54) is 25.3 Å². The van der Waals surface area contributed by atoms with Gasteiger partial charge in [-0.25, -0.2) is 9.78 Å². The first-order valence-corrected chi connectivity index (χ1v) is 21.3. The third-order valence-electron chi connectivity index (χ3n) is 13.1. The van der Waals surface area contributed by atoms with Gasteiger partial charge in [-0.1, -0.05) is 20.8 Å². The van der Waals surface area contributed by atoms with Crippen LogP contribution in [0.5, 0.6) is 0 Å². The fraction of sp³-hybridized carbons (Fsp3) is 0.881. The van der Waals surface area contributed by atoms with Crippen molar-refractivity contribution in [3.8, 4) is 0 Å². The van der Waals surface area contributed by atoms with Gasteiger partial charge in [-0.3, -0.25) is 10.1 Å². The van der Waals surface area contributed by atoms with Crippen molar-refractivity contribution >= 4 is 17.9 Å². The second-order valence-electron chi connectivity index (χ2n) is 18.6. The van der Waals surface area contributed by atoms with Crippen LogP contribution in [0.15, 0.2) is 10.8 Å². The van der Waals surface area contributed by atoms with E-state index >= 15 is 0 Å². The number of likely N-dealkylation sites (N-methyl/N-ethyl adjacent to an activating group) is 1. The fourth-order valence-corrected chi connectivity index (χ4v) is 9.37. The molecular formula is C42H74N4O14. The normalized spacial score (nSPS) is 44.2. The summed E-state index contributed by atoms with van der Waals surface area (Å²) < 4.78 is 43.1. The molecule has 0 aromatic carbocycles. The van der Waals surface area contributed by atoms with E-state index in [4.69, 9.17) is 32.8 Å². The first-order chi connectivity index (χ1) is 27.8. The van der Waals surface area contributed by atoms with Gasteiger partial charge in [-0.15, -0.1) is 0 Å². The number of hydrogen-bond acceptors (Lipinski definition) is 16. The number of rotatable bonds is 8. The predicted molar refractivity (Wildman–Crippen MR) is 219 cm³/mol. The number of amides is 2. The van der Waals surface area contributed by atoms with Crippen LogP contribution in [0.2, 0.25) is 0 Å². The number of oxazole rings is 1. The highest BCUT2D eigenvalue weighted by Gasteiger charge is 2.53. The number of nitrogens with one attached hydrogen (secondary N) is 1. The molecule has 6 N–H and O–H groups in total. The van der Waals surface area contributed by atoms with E-state index in [1.54, 1.807) is 55.4 Å². The molecule has 0 bridgehead atoms. The lowest BCUT2D eigenvalue weighted by atomic mass is 9.77. The predicted octanol–water partition coefficient (Wildman–Crippen LogP) is 2.80. The molecule has 18 atom stereocenters. The minimum absolute atomic E-state index is 0.00413. The Balaban J connectivity index is 1.86. The first kappa shape index (κ1) is 50.2. The number of nitrogens with zero attached hydrogens (tertiary/aromatic N) is 3. The highest BCUT2D eigenvalue weighted by atomic mass is 16.7. The summed E-state index contributed by atoms with van der Waals surface area (Å²) in [4.78, 5) is 35.8. The summed E-state index contributed by atoms with van der Waals surface area (Å²) in [7, 11) is 5.19. The average molecular weight is 859 g/mol. The van der Waals surface area contributed by atoms with Gasteiger partial charge in [0.05, 0.1) is 47.6 Å². The summed E-state index contributed by atoms with van der Waals surface area (Å²) in [5.41, 5.74) is -4.49. The van der Waals surface area contributed by atoms with Gasteiger partial charge in [-0.2, -0.15) is 0 Å². The lowest BCUT2D eigenvalue weighted by Crippen LogP contribution is -2.61. The highest BCUT2D eigenvalue weighted by molar-refractivity contribution is 5.88. The molecule has 60 heavy (non-hydrogen) atoms. The molecule has 18 heteroatoms. The van der Waals surface area contributed by atoms with Crippen LogP contribution >= 0.6 is 0 Å². The minimum atomic E-state index is -2.07. The van der Waals surface area contributed by atoms with Gasteiger partial charge in [0.2, 0.25) is 5.88 Å². The molecule has 3 aliphatic heterocycles. The van der Waals surface area contributed by atoms with Crippen molar-refractivity contribution in [2.45, 2.75) is 192 Å². The topological polar surface area (TPSA) is 235 Å². The molecule has 3 saturated heterocycles. The molecule has 2 amide bonds. The lowest BCUT2D eigenvalue weighted by Gasteiger charge is -2.48. The summed E-state index contributed by atoms with van der Waals surface area (Å²) >= 11 is 0. The monoisotopic (exact) mass is 859 g/mol. The summed E-state index contributed by atoms with van der Waals surface area (Å²) in [5.74, 6) is -3.17. The molecule has 0 spiro atoms. The van der Waals surface area contributed by atoms with Crippen LogP contribution in [-0.2, 0) is 33.2 Å². The molecule has 0 saturated carbocycles. The number of esters is 1. The van der Waals surface area contributed by atoms with Gasteiger partial charge >= 0.3 is 12.0 Å². The summed E-state index contributed by atoms with van der Waals surface area (Å²) in [5, 5.41) is 62.0. The number of aryl methyl sites for hydroxylation is 1. The van der Waals surface area contributed by atoms with Crippen molar-refractivity contribution < 1.29 is 68.0 Å². The van der Waals surface area contributed by atoms with E-state index in [2.05, 4.69) is 10.3 Å². The zero-order chi connectivity index (χ0) is 45.2. The van der Waals surface area contributed by atoms with Crippen LogP contribution < -0.4 is 5.32 Å². The Bertz CT molecular complexity index is 1560. The van der Waals surface area contributed by atoms with Crippen LogP contribution in [0.4, 0.5) is 10.7 Å². The fourth-order valence-electron chi connectivity index (χ4n) is 9.37. The number of methoxy groups -OCH3 is 1. The van der Waals surface area contributed by atoms with Crippen LogP contribution in [0.1, 0.15) is 101 Å². The van der Waals surface area contributed by atoms with Crippen LogP contribution in [0.25, 0.3) is 0 Å². The number of aliphatic hydroxyl groups excluding tert-OH is 3. The molecule has 0 unspecified atom stereocenters. The van der Waals surface area contributed by atoms with E-state index in [1.807, 2.05) is 32.8 Å². The van der Waals surface area contributed by atoms with Crippen LogP contribution in [-0.4, -0.2) is 170 Å². The third-order valence-corrected chi connectivity index (χ3v) is 13.1. The van der Waals surface area contributed by atoms with Crippen LogP contribution in [0, 0.1) is 24.7 Å². The summed E-state index contributed by atoms with van der Waals surface area (Å²) in [6.45, 7) is 18.3. The molecule has 4 rings (SSSR count). The average Bonchev–Trinajstić information content (AvgIpc) is 3.58. The van der Waals surface area contributed by atoms with Crippen molar-refractivity contribution in [3.63, 3.8) is 0 Å². The molecule has 18 nitrogen and oxygen atoms in total. The second-order valence-corrected chi connectivity index (χ2v) is 18.6. The van der Waals surface area contributed by atoms with Gasteiger partial charge in [0.1, 0.15) is 35.7 Å². The Hall–Kier alpha value is -2.49. The summed E-state index contributed by atoms with van der Waals surface area (Å²) in [6.07, 6.45) is -8.74. The molecule has 4 heterocycles. The van der Waals surface area contributed by atoms with Gasteiger partial charge < -0.3 is 68.2 Å². The number of urea groups is 1. The minimum Gasteiger partial charge on any atom is -0.459 e. The van der Waals surface area contributed by atoms with Crippen molar-refractivity contribution in [1.29, 1.82) is 0 Å². The zero-order valence-corrected chi connectivity index (χ0v) is 38.0. The number of ether oxygens (including phenoxy) is 6. The Kier molecular flexibility index (Phi) is 16.6. The first-order valence-electron chi connectivity index (χ1n) is 21.3. The number of hydrogen-bond donors (Lipinski definition) is 6. The van der Waals surface area contributed by atoms with Gasteiger partial charge in [0.15, 0.2) is 19.0 Å². The molecule has 0 aliphatic carbocycles. The van der Waals surface area contributed by atoms with Crippen molar-refractivity contribution in [1.82, 2.24) is 14.8 Å². The van der Waals surface area contributed by atoms with Gasteiger partial charge in [0, 0.05) is 32.0 Å². The maximum absolute atomic E-state index is 14.4. The van der Waals surface area contributed by atoms with E-state index in [-0.39, 0.29) is 43.8 Å². The van der Waals surface area contributed by atoms with Crippen molar-refractivity contribution in [3.05, 3.63) is 12.1 Å². The molecule has 3 aliphatic rings. The van der Waals surface area contributed by atoms with Gasteiger partial charge in [0.25, 0.3) is 0 Å². The SMILES string of the molecule is CC[C@H]1OC(=O)[C@H](C)[C@@H](O[C@@H]2C[C@](C)(OC)[C@H](O)[C@@H](C)O2)[C@H](C)[C@@H](O[C@@H]2O[C@H](C)C[C@@H](N(C)C)[C@H]2O)[C@](C)(O)C[C@@H](C)CN(C(=O)Nc2ocnc2C)[C@H](C)[C@@H](O)[C@]1(C)O. The van der Waals surface area contributed by atoms with Gasteiger partial charge in [-0.05, 0) is 94.7 Å². The molecule has 3 fully saturated rings. The van der Waals surface area contributed by atoms with Crippen molar-refractivity contribution in [2.24, 2.45) is 17.8 Å². The Morgan fingerprint density at radius 1 is 1.02 bits per heavy atom. The van der Waals surface area contributed by atoms with Crippen LogP contribution in [0.3, 0.4) is 0 Å². The smallest absolute Gasteiger partial charge is 0.324 e. The van der Waals surface area contributed by atoms with E-state index < -0.39 is 108 Å². The van der Waals surface area contributed by atoms with Crippen molar-refractivity contribution in [2.75, 3.05) is 33.1 Å². The molecule has 346 valence electrons. The summed E-state index contributed by atoms with van der Waals surface area (Å²) in [6, 6.07) is -2.08. The standard InChI is InChI=1S/C42H74N4O14/c1-15-29-42(11,53)33(48)26(7)46(39(51)44-36-25(6)43-20-55-36)19-21(2)17-40(9,52)35(60-38-31(47)28(45(12)13)16-22(3)56-38)23(4)32(24(5)37(50)58-29)59-30-18-41(10,54-14)34(49)27(8)57-30/h20-24,26-35,38,47-49,52-53H,15-19H2,1-14H3,(H,44,51)/t21-,22-,23+,24-,26-,27-,28-,29-,30-,31-,32+,33-,34-,35-,38+,40-,41+,42-/m1/s1. The number of cyclic esters (lactones) is 1. The molecular weight excluding hydrogens is 784 g/mol. The van der Waals surface area contributed by atoms with E-state index in [0.717, 1.165) is 0 Å². The number of anilines is 1. The lowest BCUT2D eigenvalue weighted by molar-refractivity contribution is -0.318. The van der Waals surface area contributed by atoms with E-state index in [9.17, 15) is 35.1 Å². The zero-order valence-electron chi connectivity index (χ0n) is 38.0. The maximum Gasteiger partial charge on any atom is 0.324 e. The maximum atomic E-state index is 14.4. The largest absolute Gasteiger partial charge is 0.459 e. The molecule has 1 aromatic heterocycles.